The third-order valence-corrected chi connectivity index (χ3v) is 3.54. The first-order chi connectivity index (χ1) is 11.7. The average molecular weight is 329 g/mol. The summed E-state index contributed by atoms with van der Waals surface area (Å²) < 4.78 is 10.5. The van der Waals surface area contributed by atoms with Crippen molar-refractivity contribution in [3.63, 3.8) is 0 Å². The van der Waals surface area contributed by atoms with Gasteiger partial charge in [0.1, 0.15) is 5.82 Å². The number of pyridine rings is 1. The quantitative estimate of drug-likeness (QED) is 0.778. The van der Waals surface area contributed by atoms with E-state index in [4.69, 9.17) is 9.47 Å². The van der Waals surface area contributed by atoms with Crippen molar-refractivity contribution in [1.29, 1.82) is 0 Å². The molecule has 0 aliphatic heterocycles. The second kappa shape index (κ2) is 8.76. The smallest absolute Gasteiger partial charge is 0.224 e. The molecule has 0 saturated heterocycles. The normalized spacial score (nSPS) is 10.1. The summed E-state index contributed by atoms with van der Waals surface area (Å²) in [6.07, 6.45) is 2.92. The Kier molecular flexibility index (Phi) is 6.42. The maximum absolute atomic E-state index is 11.3. The molecule has 0 spiro atoms. The molecule has 1 aromatic carbocycles. The van der Waals surface area contributed by atoms with Crippen LogP contribution in [0.1, 0.15) is 18.9 Å². The predicted molar refractivity (Wildman–Crippen MR) is 94.9 cm³/mol. The molecule has 1 aromatic heterocycles. The largest absolute Gasteiger partial charge is 0.493 e. The Morgan fingerprint density at radius 3 is 2.54 bits per heavy atom. The highest BCUT2D eigenvalue weighted by Gasteiger charge is 2.05. The van der Waals surface area contributed by atoms with E-state index in [0.717, 1.165) is 35.8 Å². The van der Waals surface area contributed by atoms with E-state index in [-0.39, 0.29) is 5.91 Å². The fraction of sp³-hybridized carbons (Fsp3) is 0.333. The van der Waals surface area contributed by atoms with Gasteiger partial charge in [0.05, 0.1) is 26.1 Å². The molecule has 1 heterocycles. The molecule has 128 valence electrons. The van der Waals surface area contributed by atoms with Gasteiger partial charge in [-0.15, -0.1) is 0 Å². The topological polar surface area (TPSA) is 72.5 Å². The Bertz CT molecular complexity index is 672. The number of methoxy groups -OCH3 is 2. The van der Waals surface area contributed by atoms with Crippen LogP contribution in [-0.4, -0.2) is 31.7 Å². The molecule has 6 heteroatoms. The molecule has 2 aromatic rings. The summed E-state index contributed by atoms with van der Waals surface area (Å²) in [6, 6.07) is 9.56. The lowest BCUT2D eigenvalue weighted by molar-refractivity contribution is -0.115. The Morgan fingerprint density at radius 1 is 1.12 bits per heavy atom. The van der Waals surface area contributed by atoms with Crippen LogP contribution in [0.3, 0.4) is 0 Å². The predicted octanol–water partition coefficient (Wildman–Crippen LogP) is 3.10. The zero-order valence-corrected chi connectivity index (χ0v) is 14.3. The van der Waals surface area contributed by atoms with Gasteiger partial charge in [-0.1, -0.05) is 13.0 Å². The molecule has 0 atom stereocenters. The number of benzene rings is 1. The number of hydrogen-bond acceptors (Lipinski definition) is 5. The van der Waals surface area contributed by atoms with Crippen LogP contribution in [0, 0.1) is 0 Å². The van der Waals surface area contributed by atoms with Gasteiger partial charge < -0.3 is 20.1 Å². The molecule has 2 N–H and O–H groups in total. The highest BCUT2D eigenvalue weighted by Crippen LogP contribution is 2.27. The summed E-state index contributed by atoms with van der Waals surface area (Å²) in [5.74, 6) is 2.20. The van der Waals surface area contributed by atoms with Crippen LogP contribution in [0.25, 0.3) is 0 Å². The number of nitrogens with one attached hydrogen (secondary N) is 2. The van der Waals surface area contributed by atoms with Crippen LogP contribution in [0.4, 0.5) is 11.5 Å². The van der Waals surface area contributed by atoms with Crippen molar-refractivity contribution in [2.45, 2.75) is 19.8 Å². The van der Waals surface area contributed by atoms with Crippen molar-refractivity contribution in [3.8, 4) is 11.5 Å². The lowest BCUT2D eigenvalue weighted by Gasteiger charge is -2.10. The van der Waals surface area contributed by atoms with Gasteiger partial charge in [0.15, 0.2) is 11.5 Å². The minimum absolute atomic E-state index is 0.0223. The molecule has 0 aliphatic rings. The number of amides is 1. The lowest BCUT2D eigenvalue weighted by Crippen LogP contribution is -2.10. The molecule has 0 saturated carbocycles. The Morgan fingerprint density at radius 2 is 1.92 bits per heavy atom. The van der Waals surface area contributed by atoms with E-state index in [1.54, 1.807) is 20.4 Å². The van der Waals surface area contributed by atoms with Crippen LogP contribution < -0.4 is 20.1 Å². The van der Waals surface area contributed by atoms with E-state index in [2.05, 4.69) is 15.6 Å². The van der Waals surface area contributed by atoms with Gasteiger partial charge in [0, 0.05) is 13.0 Å². The Balaban J connectivity index is 1.86. The number of anilines is 2. The third-order valence-electron chi connectivity index (χ3n) is 3.54. The van der Waals surface area contributed by atoms with Crippen molar-refractivity contribution in [2.75, 3.05) is 31.4 Å². The minimum Gasteiger partial charge on any atom is -0.493 e. The second-order valence-corrected chi connectivity index (χ2v) is 5.20. The van der Waals surface area contributed by atoms with Crippen LogP contribution in [0.5, 0.6) is 11.5 Å². The number of aromatic nitrogens is 1. The molecule has 2 rings (SSSR count). The van der Waals surface area contributed by atoms with E-state index in [1.165, 1.54) is 0 Å². The highest BCUT2D eigenvalue weighted by atomic mass is 16.5. The number of ether oxygens (including phenoxy) is 2. The maximum Gasteiger partial charge on any atom is 0.224 e. The first-order valence-electron chi connectivity index (χ1n) is 7.87. The highest BCUT2D eigenvalue weighted by molar-refractivity contribution is 5.90. The fourth-order valence-electron chi connectivity index (χ4n) is 2.19. The molecule has 0 aliphatic carbocycles. The summed E-state index contributed by atoms with van der Waals surface area (Å²) in [6.45, 7) is 2.55. The van der Waals surface area contributed by atoms with Crippen molar-refractivity contribution < 1.29 is 14.3 Å². The summed E-state index contributed by atoms with van der Waals surface area (Å²) in [5, 5.41) is 6.03. The number of rotatable bonds is 8. The van der Waals surface area contributed by atoms with Crippen molar-refractivity contribution >= 4 is 17.4 Å². The third kappa shape index (κ3) is 4.87. The van der Waals surface area contributed by atoms with E-state index in [9.17, 15) is 4.79 Å². The van der Waals surface area contributed by atoms with Gasteiger partial charge >= 0.3 is 0 Å². The molecule has 1 amide bonds. The second-order valence-electron chi connectivity index (χ2n) is 5.20. The summed E-state index contributed by atoms with van der Waals surface area (Å²) >= 11 is 0. The van der Waals surface area contributed by atoms with Crippen LogP contribution in [0.2, 0.25) is 0 Å². The van der Waals surface area contributed by atoms with Gasteiger partial charge in [-0.25, -0.2) is 4.98 Å². The number of nitrogens with zero attached hydrogens (tertiary/aromatic N) is 1. The standard InChI is InChI=1S/C18H23N3O3/c1-4-18(22)21-14-6-8-17(20-12-14)19-10-9-13-5-7-15(23-2)16(11-13)24-3/h5-8,11-12H,4,9-10H2,1-3H3,(H,19,20)(H,21,22). The molecule has 0 bridgehead atoms. The zero-order chi connectivity index (χ0) is 17.4. The molecule has 0 fully saturated rings. The SMILES string of the molecule is CCC(=O)Nc1ccc(NCCc2ccc(OC)c(OC)c2)nc1. The Labute approximate surface area is 142 Å². The van der Waals surface area contributed by atoms with Crippen molar-refractivity contribution in [3.05, 3.63) is 42.1 Å². The fourth-order valence-corrected chi connectivity index (χ4v) is 2.19. The van der Waals surface area contributed by atoms with Crippen LogP contribution in [0.15, 0.2) is 36.5 Å². The zero-order valence-electron chi connectivity index (χ0n) is 14.3. The van der Waals surface area contributed by atoms with E-state index in [1.807, 2.05) is 37.3 Å². The van der Waals surface area contributed by atoms with E-state index >= 15 is 0 Å². The molecule has 0 unspecified atom stereocenters. The monoisotopic (exact) mass is 329 g/mol. The van der Waals surface area contributed by atoms with Crippen molar-refractivity contribution in [1.82, 2.24) is 4.98 Å². The molecular weight excluding hydrogens is 306 g/mol. The van der Waals surface area contributed by atoms with Gasteiger partial charge in [-0.2, -0.15) is 0 Å². The first kappa shape index (κ1) is 17.6. The number of carbonyl (C=O) groups is 1. The van der Waals surface area contributed by atoms with Crippen molar-refractivity contribution in [2.24, 2.45) is 0 Å². The number of hydrogen-bond donors (Lipinski definition) is 2. The summed E-state index contributed by atoms with van der Waals surface area (Å²) in [4.78, 5) is 15.6. The molecule has 6 nitrogen and oxygen atoms in total. The molecule has 0 radical (unpaired) electrons. The Hall–Kier alpha value is -2.76. The first-order valence-corrected chi connectivity index (χ1v) is 7.87. The molecule has 24 heavy (non-hydrogen) atoms. The van der Waals surface area contributed by atoms with Gasteiger partial charge in [-0.3, -0.25) is 4.79 Å². The van der Waals surface area contributed by atoms with E-state index < -0.39 is 0 Å². The minimum atomic E-state index is -0.0223. The van der Waals surface area contributed by atoms with Crippen LogP contribution in [-0.2, 0) is 11.2 Å². The van der Waals surface area contributed by atoms with E-state index in [0.29, 0.717) is 12.1 Å². The maximum atomic E-state index is 11.3. The lowest BCUT2D eigenvalue weighted by atomic mass is 10.1. The van der Waals surface area contributed by atoms with Gasteiger partial charge in [0.25, 0.3) is 0 Å². The molecular formula is C18H23N3O3. The van der Waals surface area contributed by atoms with Gasteiger partial charge in [-0.05, 0) is 36.2 Å². The van der Waals surface area contributed by atoms with Crippen LogP contribution >= 0.6 is 0 Å². The summed E-state index contributed by atoms with van der Waals surface area (Å²) in [7, 11) is 3.25. The summed E-state index contributed by atoms with van der Waals surface area (Å²) in [5.41, 5.74) is 1.85. The van der Waals surface area contributed by atoms with Gasteiger partial charge in [0.2, 0.25) is 5.91 Å². The number of carbonyl (C=O) groups excluding carboxylic acids is 1. The average Bonchev–Trinajstić information content (AvgIpc) is 2.62.